The number of hydrogen-bond donors (Lipinski definition) is 2. The normalized spacial score (nSPS) is 8.16. The molecule has 0 fully saturated rings. The Bertz CT molecular complexity index is 628. The predicted molar refractivity (Wildman–Crippen MR) is 95.4 cm³/mol. The van der Waals surface area contributed by atoms with Gasteiger partial charge in [0.1, 0.15) is 0 Å². The van der Waals surface area contributed by atoms with Crippen LogP contribution in [0.1, 0.15) is 20.7 Å². The smallest absolute Gasteiger partial charge is 0.719 e. The van der Waals surface area contributed by atoms with E-state index in [0.717, 1.165) is 0 Å². The van der Waals surface area contributed by atoms with E-state index in [4.69, 9.17) is 9.59 Å². The van der Waals surface area contributed by atoms with Crippen LogP contribution in [0.3, 0.4) is 0 Å². The number of carbonyl (C=O) groups excluding carboxylic acids is 4. The molecule has 0 aliphatic rings. The van der Waals surface area contributed by atoms with Crippen LogP contribution >= 0.6 is 0 Å². The molecule has 6 nitrogen and oxygen atoms in total. The summed E-state index contributed by atoms with van der Waals surface area (Å²) in [5.41, 5.74) is 9.43. The van der Waals surface area contributed by atoms with Gasteiger partial charge in [-0.3, -0.25) is 9.59 Å². The second-order valence-corrected chi connectivity index (χ2v) is 4.83. The summed E-state index contributed by atoms with van der Waals surface area (Å²) in [5, 5.41) is -1.50. The van der Waals surface area contributed by atoms with Crippen molar-refractivity contribution in [3.8, 4) is 0 Å². The maximum absolute atomic E-state index is 11.8. The van der Waals surface area contributed by atoms with Crippen LogP contribution in [0.25, 0.3) is 0 Å². The molecule has 0 saturated heterocycles. The summed E-state index contributed by atoms with van der Waals surface area (Å²) in [7, 11) is 0. The molecule has 2 rings (SSSR count). The van der Waals surface area contributed by atoms with E-state index in [1.54, 1.807) is 48.5 Å². The van der Waals surface area contributed by atoms with Crippen molar-refractivity contribution in [1.29, 1.82) is 0 Å². The monoisotopic (exact) mass is 426 g/mol. The summed E-state index contributed by atoms with van der Waals surface area (Å²) in [6, 6.07) is 17.2. The minimum Gasteiger partial charge on any atom is -0.719 e. The number of Topliss-reactive ketones (excluding diaryl/α,β-unsaturated/α-hetero) is 2. The van der Waals surface area contributed by atoms with Crippen molar-refractivity contribution in [2.45, 2.75) is 0 Å². The van der Waals surface area contributed by atoms with Gasteiger partial charge in [-0.2, -0.15) is 0 Å². The van der Waals surface area contributed by atoms with Crippen LogP contribution in [-0.4, -0.2) is 22.0 Å². The van der Waals surface area contributed by atoms with E-state index in [2.05, 4.69) is 36.7 Å². The Labute approximate surface area is 168 Å². The summed E-state index contributed by atoms with van der Waals surface area (Å²) in [6.45, 7) is 0. The average Bonchev–Trinajstić information content (AvgIpc) is 2.54. The van der Waals surface area contributed by atoms with Crippen molar-refractivity contribution in [3.05, 3.63) is 71.8 Å². The first-order chi connectivity index (χ1) is 11.3. The molecule has 2 aromatic carbocycles. The quantitative estimate of drug-likeness (QED) is 0.334. The molecule has 0 aliphatic heterocycles. The zero-order valence-corrected chi connectivity index (χ0v) is 17.7. The van der Waals surface area contributed by atoms with Gasteiger partial charge < -0.3 is 46.3 Å². The molecule has 0 radical (unpaired) electrons. The minimum absolute atomic E-state index is 0. The number of carbonyl (C=O) groups is 4. The second-order valence-electron chi connectivity index (χ2n) is 4.03. The van der Waals surface area contributed by atoms with Gasteiger partial charge in [-0.1, -0.05) is 60.7 Å². The van der Waals surface area contributed by atoms with Crippen molar-refractivity contribution in [1.82, 2.24) is 0 Å². The van der Waals surface area contributed by atoms with Gasteiger partial charge in [-0.25, -0.2) is 0 Å². The van der Waals surface area contributed by atoms with Gasteiger partial charge in [-0.05, 0) is 0 Å². The standard InChI is InChI=1S/C14H10O2.2CH3NOS.Zn/c15-13(11-7-3-1-4-8-11)14(16)12-9-5-2-6-10-12;2*2-1(3)4;/h1-10H;2*(H3,2,3,4);/q;;;+2/p-2. The topological polar surface area (TPSA) is 120 Å². The zero-order chi connectivity index (χ0) is 18.5. The third-order valence-corrected chi connectivity index (χ3v) is 2.28. The van der Waals surface area contributed by atoms with Crippen LogP contribution in [0.4, 0.5) is 9.59 Å². The number of primary amides is 2. The van der Waals surface area contributed by atoms with Crippen LogP contribution in [0.5, 0.6) is 0 Å². The molecule has 0 aliphatic carbocycles. The summed E-state index contributed by atoms with van der Waals surface area (Å²) in [5.74, 6) is -0.932. The summed E-state index contributed by atoms with van der Waals surface area (Å²) in [6.07, 6.45) is 0. The number of ketones is 2. The molecule has 0 atom stereocenters. The van der Waals surface area contributed by atoms with E-state index in [1.807, 2.05) is 12.1 Å². The van der Waals surface area contributed by atoms with E-state index in [0.29, 0.717) is 11.1 Å². The largest absolute Gasteiger partial charge is 2.00 e. The third-order valence-electron chi connectivity index (χ3n) is 2.28. The third kappa shape index (κ3) is 12.8. The first kappa shape index (κ1) is 25.0. The van der Waals surface area contributed by atoms with Crippen molar-refractivity contribution in [2.24, 2.45) is 11.5 Å². The molecule has 126 valence electrons. The van der Waals surface area contributed by atoms with Gasteiger partial charge in [0, 0.05) is 11.1 Å². The Balaban J connectivity index is 0. The van der Waals surface area contributed by atoms with E-state index in [1.165, 1.54) is 0 Å². The number of nitrogens with two attached hydrogens (primary N) is 2. The molecule has 0 aromatic heterocycles. The maximum atomic E-state index is 11.8. The van der Waals surface area contributed by atoms with Crippen molar-refractivity contribution in [3.63, 3.8) is 0 Å². The number of benzene rings is 2. The molecular formula is C16H14N2O4S2Zn. The van der Waals surface area contributed by atoms with Crippen LogP contribution in [0.2, 0.25) is 0 Å². The van der Waals surface area contributed by atoms with E-state index in [-0.39, 0.29) is 19.5 Å². The van der Waals surface area contributed by atoms with E-state index < -0.39 is 22.0 Å². The Morgan fingerprint density at radius 1 is 0.600 bits per heavy atom. The van der Waals surface area contributed by atoms with Gasteiger partial charge in [0.2, 0.25) is 11.6 Å². The SMILES string of the molecule is NC(=O)[S-].NC(=O)[S-].O=C(C(=O)c1ccccc1)c1ccccc1.[Zn+2]. The zero-order valence-electron chi connectivity index (χ0n) is 13.1. The van der Waals surface area contributed by atoms with Crippen molar-refractivity contribution in [2.75, 3.05) is 0 Å². The Hall–Kier alpha value is -2.22. The minimum atomic E-state index is -0.750. The molecular weight excluding hydrogens is 414 g/mol. The molecule has 4 N–H and O–H groups in total. The Kier molecular flexibility index (Phi) is 14.2. The number of hydrogen-bond acceptors (Lipinski definition) is 6. The first-order valence-corrected chi connectivity index (χ1v) is 7.19. The van der Waals surface area contributed by atoms with Gasteiger partial charge >= 0.3 is 19.5 Å². The van der Waals surface area contributed by atoms with E-state index in [9.17, 15) is 9.59 Å². The molecule has 0 heterocycles. The first-order valence-electron chi connectivity index (χ1n) is 6.37. The van der Waals surface area contributed by atoms with Gasteiger partial charge in [-0.15, -0.1) is 0 Å². The second kappa shape index (κ2) is 14.2. The molecule has 0 spiro atoms. The number of rotatable bonds is 3. The fourth-order valence-corrected chi connectivity index (χ4v) is 1.44. The fourth-order valence-electron chi connectivity index (χ4n) is 1.44. The molecule has 0 bridgehead atoms. The predicted octanol–water partition coefficient (Wildman–Crippen LogP) is 1.97. The summed E-state index contributed by atoms with van der Waals surface area (Å²) < 4.78 is 0. The molecule has 9 heteroatoms. The fraction of sp³-hybridized carbons (Fsp3) is 0. The Morgan fingerprint density at radius 3 is 1.00 bits per heavy atom. The van der Waals surface area contributed by atoms with Gasteiger partial charge in [0.25, 0.3) is 0 Å². The van der Waals surface area contributed by atoms with Crippen LogP contribution in [-0.2, 0) is 44.7 Å². The van der Waals surface area contributed by atoms with Crippen molar-refractivity contribution < 1.29 is 38.7 Å². The van der Waals surface area contributed by atoms with Crippen LogP contribution in [0.15, 0.2) is 60.7 Å². The van der Waals surface area contributed by atoms with E-state index >= 15 is 0 Å². The summed E-state index contributed by atoms with van der Waals surface area (Å²) >= 11 is 7.52. The van der Waals surface area contributed by atoms with Crippen molar-refractivity contribution >= 4 is 47.3 Å². The maximum Gasteiger partial charge on any atom is 2.00 e. The molecule has 0 saturated carbocycles. The molecule has 0 unspecified atom stereocenters. The molecule has 2 amide bonds. The number of amides is 2. The molecule has 2 aromatic rings. The molecule has 25 heavy (non-hydrogen) atoms. The van der Waals surface area contributed by atoms with Gasteiger partial charge in [0.05, 0.1) is 10.5 Å². The van der Waals surface area contributed by atoms with Crippen LogP contribution < -0.4 is 11.5 Å². The Morgan fingerprint density at radius 2 is 0.800 bits per heavy atom. The van der Waals surface area contributed by atoms with Crippen LogP contribution in [0, 0.1) is 0 Å². The summed E-state index contributed by atoms with van der Waals surface area (Å²) in [4.78, 5) is 41.7. The average molecular weight is 428 g/mol. The van der Waals surface area contributed by atoms with Gasteiger partial charge in [0.15, 0.2) is 0 Å².